The van der Waals surface area contributed by atoms with E-state index in [-0.39, 0.29) is 6.04 Å². The predicted octanol–water partition coefficient (Wildman–Crippen LogP) is 1.21. The molecule has 0 heterocycles. The van der Waals surface area contributed by atoms with E-state index >= 15 is 0 Å². The van der Waals surface area contributed by atoms with Gasteiger partial charge in [-0.2, -0.15) is 8.78 Å². The van der Waals surface area contributed by atoms with Crippen molar-refractivity contribution in [3.05, 3.63) is 0 Å². The van der Waals surface area contributed by atoms with Crippen molar-refractivity contribution >= 4 is 0 Å². The van der Waals surface area contributed by atoms with Gasteiger partial charge in [0.2, 0.25) is 0 Å². The Balaban J connectivity index is 3.74. The second-order valence-corrected chi connectivity index (χ2v) is 2.92. The fraction of sp³-hybridized carbons (Fsp3) is 1.00. The van der Waals surface area contributed by atoms with Gasteiger partial charge < -0.3 is 11.1 Å². The first-order chi connectivity index (χ1) is 5.90. The van der Waals surface area contributed by atoms with Crippen molar-refractivity contribution in [1.82, 2.24) is 5.32 Å². The van der Waals surface area contributed by atoms with Gasteiger partial charge in [-0.05, 0) is 19.9 Å². The van der Waals surface area contributed by atoms with Crippen LogP contribution in [0.15, 0.2) is 0 Å². The number of hydrogen-bond acceptors (Lipinski definition) is 2. The lowest BCUT2D eigenvalue weighted by molar-refractivity contribution is -0.126. The van der Waals surface area contributed by atoms with Gasteiger partial charge in [0.25, 0.3) is 0 Å². The molecule has 0 saturated carbocycles. The van der Waals surface area contributed by atoms with Crippen LogP contribution in [0.25, 0.3) is 0 Å². The highest BCUT2D eigenvalue weighted by Gasteiger charge is 2.40. The van der Waals surface area contributed by atoms with Gasteiger partial charge in [0.1, 0.15) is 0 Å². The molecule has 2 nitrogen and oxygen atoms in total. The summed E-state index contributed by atoms with van der Waals surface area (Å²) >= 11 is 0. The Morgan fingerprint density at radius 1 is 1.38 bits per heavy atom. The van der Waals surface area contributed by atoms with Gasteiger partial charge in [-0.3, -0.25) is 0 Å². The Hall–Kier alpha value is -0.360. The lowest BCUT2D eigenvalue weighted by Gasteiger charge is -2.19. The maximum absolute atomic E-state index is 12.3. The summed E-state index contributed by atoms with van der Waals surface area (Å²) < 4.78 is 47.9. The molecular formula is C7H14F4N2. The largest absolute Gasteiger partial charge is 0.330 e. The average molecular weight is 202 g/mol. The van der Waals surface area contributed by atoms with Gasteiger partial charge >= 0.3 is 12.3 Å². The summed E-state index contributed by atoms with van der Waals surface area (Å²) in [6.45, 7) is 0.953. The van der Waals surface area contributed by atoms with Crippen LogP contribution >= 0.6 is 0 Å². The monoisotopic (exact) mass is 202 g/mol. The first-order valence-electron chi connectivity index (χ1n) is 3.99. The van der Waals surface area contributed by atoms with E-state index in [9.17, 15) is 17.6 Å². The van der Waals surface area contributed by atoms with Crippen LogP contribution < -0.4 is 11.1 Å². The Labute approximate surface area is 74.5 Å². The zero-order chi connectivity index (χ0) is 10.5. The van der Waals surface area contributed by atoms with Crippen LogP contribution in [0.3, 0.4) is 0 Å². The van der Waals surface area contributed by atoms with Crippen molar-refractivity contribution < 1.29 is 17.6 Å². The molecule has 0 aliphatic carbocycles. The molecule has 0 radical (unpaired) electrons. The highest BCUT2D eigenvalue weighted by atomic mass is 19.3. The summed E-state index contributed by atoms with van der Waals surface area (Å²) in [5.74, 6) is -3.96. The van der Waals surface area contributed by atoms with E-state index in [2.05, 4.69) is 5.32 Å². The molecule has 1 unspecified atom stereocenters. The van der Waals surface area contributed by atoms with Crippen molar-refractivity contribution in [3.63, 3.8) is 0 Å². The zero-order valence-corrected chi connectivity index (χ0v) is 7.37. The van der Waals surface area contributed by atoms with E-state index in [1.54, 1.807) is 6.92 Å². The molecule has 0 amide bonds. The number of nitrogens with two attached hydrogens (primary N) is 1. The second kappa shape index (κ2) is 5.39. The standard InChI is InChI=1S/C7H14F4N2/c1-5(2-3-12)13-4-7(10,11)6(8)9/h5-6,13H,2-4,12H2,1H3. The summed E-state index contributed by atoms with van der Waals surface area (Å²) in [5, 5.41) is 2.30. The third-order valence-corrected chi connectivity index (χ3v) is 1.61. The lowest BCUT2D eigenvalue weighted by atomic mass is 10.2. The number of hydrogen-bond donors (Lipinski definition) is 2. The molecule has 13 heavy (non-hydrogen) atoms. The van der Waals surface area contributed by atoms with E-state index < -0.39 is 18.9 Å². The summed E-state index contributed by atoms with van der Waals surface area (Å²) in [6, 6.07) is -0.269. The van der Waals surface area contributed by atoms with Crippen molar-refractivity contribution in [2.24, 2.45) is 5.73 Å². The predicted molar refractivity (Wildman–Crippen MR) is 42.1 cm³/mol. The SMILES string of the molecule is CC(CCN)NCC(F)(F)C(F)F. The van der Waals surface area contributed by atoms with Gasteiger partial charge in [-0.15, -0.1) is 0 Å². The van der Waals surface area contributed by atoms with Crippen LogP contribution in [0.2, 0.25) is 0 Å². The van der Waals surface area contributed by atoms with Crippen molar-refractivity contribution in [1.29, 1.82) is 0 Å². The molecule has 0 aliphatic rings. The quantitative estimate of drug-likeness (QED) is 0.635. The molecule has 0 aromatic rings. The number of alkyl halides is 4. The fourth-order valence-electron chi connectivity index (χ4n) is 0.740. The molecule has 80 valence electrons. The molecule has 0 aromatic heterocycles. The third kappa shape index (κ3) is 5.05. The normalized spacial score (nSPS) is 15.0. The summed E-state index contributed by atoms with van der Waals surface area (Å²) in [6.07, 6.45) is -3.13. The maximum Gasteiger partial charge on any atom is 0.319 e. The molecule has 3 N–H and O–H groups in total. The molecule has 0 bridgehead atoms. The third-order valence-electron chi connectivity index (χ3n) is 1.61. The fourth-order valence-corrected chi connectivity index (χ4v) is 0.740. The molecular weight excluding hydrogens is 188 g/mol. The van der Waals surface area contributed by atoms with Gasteiger partial charge in [0.05, 0.1) is 6.54 Å². The Bertz CT molecular complexity index is 140. The molecule has 0 aromatic carbocycles. The summed E-state index contributed by atoms with van der Waals surface area (Å²) in [5.41, 5.74) is 5.15. The minimum absolute atomic E-state index is 0.269. The molecule has 0 saturated heterocycles. The second-order valence-electron chi connectivity index (χ2n) is 2.92. The van der Waals surface area contributed by atoms with E-state index in [4.69, 9.17) is 5.73 Å². The summed E-state index contributed by atoms with van der Waals surface area (Å²) in [4.78, 5) is 0. The topological polar surface area (TPSA) is 38.0 Å². The van der Waals surface area contributed by atoms with Crippen molar-refractivity contribution in [2.45, 2.75) is 31.7 Å². The molecule has 0 spiro atoms. The number of nitrogens with one attached hydrogen (secondary N) is 1. The zero-order valence-electron chi connectivity index (χ0n) is 7.37. The molecule has 0 aliphatic heterocycles. The first-order valence-corrected chi connectivity index (χ1v) is 3.99. The maximum atomic E-state index is 12.3. The van der Waals surface area contributed by atoms with Gasteiger partial charge in [0, 0.05) is 6.04 Å². The van der Waals surface area contributed by atoms with E-state index in [1.807, 2.05) is 0 Å². The number of rotatable bonds is 6. The van der Waals surface area contributed by atoms with Crippen LogP contribution in [0.4, 0.5) is 17.6 Å². The molecule has 6 heteroatoms. The van der Waals surface area contributed by atoms with E-state index in [1.165, 1.54) is 0 Å². The van der Waals surface area contributed by atoms with Crippen molar-refractivity contribution in [2.75, 3.05) is 13.1 Å². The first kappa shape index (κ1) is 12.6. The van der Waals surface area contributed by atoms with Crippen LogP contribution in [0.5, 0.6) is 0 Å². The van der Waals surface area contributed by atoms with Gasteiger partial charge in [-0.25, -0.2) is 8.78 Å². The number of halogens is 4. The smallest absolute Gasteiger partial charge is 0.319 e. The molecule has 1 atom stereocenters. The Kier molecular flexibility index (Phi) is 5.24. The summed E-state index contributed by atoms with van der Waals surface area (Å²) in [7, 11) is 0. The van der Waals surface area contributed by atoms with Crippen LogP contribution in [-0.2, 0) is 0 Å². The minimum atomic E-state index is -3.96. The average Bonchev–Trinajstić information content (AvgIpc) is 2.01. The van der Waals surface area contributed by atoms with Crippen molar-refractivity contribution in [3.8, 4) is 0 Å². The minimum Gasteiger partial charge on any atom is -0.330 e. The van der Waals surface area contributed by atoms with Gasteiger partial charge in [-0.1, -0.05) is 0 Å². The highest BCUT2D eigenvalue weighted by Crippen LogP contribution is 2.21. The van der Waals surface area contributed by atoms with Crippen LogP contribution in [-0.4, -0.2) is 31.5 Å². The molecule has 0 rings (SSSR count). The lowest BCUT2D eigenvalue weighted by Crippen LogP contribution is -2.42. The van der Waals surface area contributed by atoms with E-state index in [0.717, 1.165) is 0 Å². The Morgan fingerprint density at radius 2 is 1.92 bits per heavy atom. The van der Waals surface area contributed by atoms with Crippen LogP contribution in [0, 0.1) is 0 Å². The Morgan fingerprint density at radius 3 is 2.31 bits per heavy atom. The highest BCUT2D eigenvalue weighted by molar-refractivity contribution is 4.74. The van der Waals surface area contributed by atoms with Gasteiger partial charge in [0.15, 0.2) is 0 Å². The van der Waals surface area contributed by atoms with E-state index in [0.29, 0.717) is 13.0 Å². The molecule has 0 fully saturated rings. The van der Waals surface area contributed by atoms with Crippen LogP contribution in [0.1, 0.15) is 13.3 Å².